The third-order valence-electron chi connectivity index (χ3n) is 3.20. The zero-order chi connectivity index (χ0) is 14.7. The van der Waals surface area contributed by atoms with Gasteiger partial charge in [0.15, 0.2) is 0 Å². The monoisotopic (exact) mass is 297 g/mol. The van der Waals surface area contributed by atoms with E-state index in [1.54, 1.807) is 0 Å². The molecule has 2 aromatic carbocycles. The van der Waals surface area contributed by atoms with Crippen LogP contribution in [0.25, 0.3) is 10.1 Å². The van der Waals surface area contributed by atoms with Gasteiger partial charge in [-0.2, -0.15) is 0 Å². The van der Waals surface area contributed by atoms with Crippen LogP contribution in [0.4, 0.5) is 0 Å². The van der Waals surface area contributed by atoms with E-state index in [-0.39, 0.29) is 12.4 Å². The molecule has 0 spiro atoms. The molecule has 0 aliphatic rings. The van der Waals surface area contributed by atoms with Gasteiger partial charge in [-0.25, -0.2) is 0 Å². The van der Waals surface area contributed by atoms with Gasteiger partial charge in [0, 0.05) is 15.6 Å². The molecule has 0 aliphatic carbocycles. The number of fused-ring (bicyclic) bond motifs is 1. The molecule has 106 valence electrons. The standard InChI is InChI=1S/C17H15NO2S/c19-11-10-18-15(12-6-2-1-3-7-12)17-16(20)13-8-4-5-9-14(13)21-17/h1-9,19-20H,10-11H2. The molecule has 0 aliphatic heterocycles. The number of aliphatic imine (C=N–C) groups is 1. The topological polar surface area (TPSA) is 52.8 Å². The molecule has 0 amide bonds. The minimum Gasteiger partial charge on any atom is -0.506 e. The summed E-state index contributed by atoms with van der Waals surface area (Å²) >= 11 is 1.51. The smallest absolute Gasteiger partial charge is 0.143 e. The van der Waals surface area contributed by atoms with Crippen LogP contribution in [0.15, 0.2) is 59.6 Å². The van der Waals surface area contributed by atoms with Crippen molar-refractivity contribution in [2.24, 2.45) is 4.99 Å². The Bertz CT molecular complexity index is 778. The van der Waals surface area contributed by atoms with Crippen LogP contribution < -0.4 is 0 Å². The first-order chi connectivity index (χ1) is 10.3. The molecule has 3 rings (SSSR count). The Morgan fingerprint density at radius 1 is 1.00 bits per heavy atom. The zero-order valence-corrected chi connectivity index (χ0v) is 12.2. The Morgan fingerprint density at radius 2 is 1.71 bits per heavy atom. The fourth-order valence-corrected chi connectivity index (χ4v) is 3.37. The summed E-state index contributed by atoms with van der Waals surface area (Å²) in [5.41, 5.74) is 1.66. The van der Waals surface area contributed by atoms with Crippen LogP contribution in [-0.4, -0.2) is 29.1 Å². The van der Waals surface area contributed by atoms with Crippen LogP contribution >= 0.6 is 11.3 Å². The van der Waals surface area contributed by atoms with Gasteiger partial charge in [0.1, 0.15) is 5.75 Å². The Balaban J connectivity index is 2.17. The number of benzene rings is 2. The molecule has 0 saturated heterocycles. The van der Waals surface area contributed by atoms with E-state index in [0.29, 0.717) is 6.54 Å². The van der Waals surface area contributed by atoms with E-state index in [2.05, 4.69) is 4.99 Å². The summed E-state index contributed by atoms with van der Waals surface area (Å²) < 4.78 is 1.03. The number of rotatable bonds is 4. The lowest BCUT2D eigenvalue weighted by molar-refractivity contribution is 0.307. The van der Waals surface area contributed by atoms with Crippen molar-refractivity contribution in [2.75, 3.05) is 13.2 Å². The minimum atomic E-state index is -0.0119. The summed E-state index contributed by atoms with van der Waals surface area (Å²) in [6.45, 7) is 0.305. The molecular formula is C17H15NO2S. The van der Waals surface area contributed by atoms with E-state index in [0.717, 1.165) is 26.2 Å². The molecule has 0 saturated carbocycles. The van der Waals surface area contributed by atoms with E-state index in [1.807, 2.05) is 54.6 Å². The number of aliphatic hydroxyl groups is 1. The Hall–Kier alpha value is -2.17. The molecule has 21 heavy (non-hydrogen) atoms. The van der Waals surface area contributed by atoms with E-state index < -0.39 is 0 Å². The van der Waals surface area contributed by atoms with E-state index in [4.69, 9.17) is 5.11 Å². The molecule has 1 aromatic heterocycles. The highest BCUT2D eigenvalue weighted by molar-refractivity contribution is 7.21. The van der Waals surface area contributed by atoms with Crippen molar-refractivity contribution in [1.29, 1.82) is 0 Å². The molecule has 0 fully saturated rings. The predicted molar refractivity (Wildman–Crippen MR) is 87.5 cm³/mol. The van der Waals surface area contributed by atoms with Crippen molar-refractivity contribution >= 4 is 27.1 Å². The summed E-state index contributed by atoms with van der Waals surface area (Å²) in [4.78, 5) is 5.20. The highest BCUT2D eigenvalue weighted by Crippen LogP contribution is 2.38. The van der Waals surface area contributed by atoms with Crippen LogP contribution in [0.2, 0.25) is 0 Å². The summed E-state index contributed by atoms with van der Waals surface area (Å²) in [6.07, 6.45) is 0. The van der Waals surface area contributed by atoms with E-state index >= 15 is 0 Å². The molecule has 2 N–H and O–H groups in total. The molecule has 4 heteroatoms. The normalized spacial score (nSPS) is 12.0. The second-order valence-electron chi connectivity index (χ2n) is 4.60. The summed E-state index contributed by atoms with van der Waals surface area (Å²) in [6, 6.07) is 17.5. The third-order valence-corrected chi connectivity index (χ3v) is 4.37. The quantitative estimate of drug-likeness (QED) is 0.725. The maximum absolute atomic E-state index is 10.5. The van der Waals surface area contributed by atoms with E-state index in [9.17, 15) is 5.11 Å². The van der Waals surface area contributed by atoms with Crippen molar-refractivity contribution < 1.29 is 10.2 Å². The van der Waals surface area contributed by atoms with Gasteiger partial charge in [-0.1, -0.05) is 42.5 Å². The highest BCUT2D eigenvalue weighted by Gasteiger charge is 2.17. The van der Waals surface area contributed by atoms with Crippen LogP contribution in [0.5, 0.6) is 5.75 Å². The molecule has 0 unspecified atom stereocenters. The Labute approximate surface area is 126 Å². The fraction of sp³-hybridized carbons (Fsp3) is 0.118. The molecule has 1 heterocycles. The summed E-state index contributed by atoms with van der Waals surface area (Å²) in [5, 5.41) is 20.4. The van der Waals surface area contributed by atoms with Crippen LogP contribution in [-0.2, 0) is 0 Å². The largest absolute Gasteiger partial charge is 0.506 e. The Kier molecular flexibility index (Phi) is 3.99. The zero-order valence-electron chi connectivity index (χ0n) is 11.4. The van der Waals surface area contributed by atoms with Gasteiger partial charge in [0.05, 0.1) is 23.7 Å². The number of hydrogen-bond donors (Lipinski definition) is 2. The van der Waals surface area contributed by atoms with Gasteiger partial charge in [-0.05, 0) is 12.1 Å². The lowest BCUT2D eigenvalue weighted by Crippen LogP contribution is -2.04. The van der Waals surface area contributed by atoms with Gasteiger partial charge in [0.25, 0.3) is 0 Å². The molecule has 0 atom stereocenters. The molecular weight excluding hydrogens is 282 g/mol. The van der Waals surface area contributed by atoms with Crippen molar-refractivity contribution in [3.63, 3.8) is 0 Å². The lowest BCUT2D eigenvalue weighted by Gasteiger charge is -2.05. The number of thiophene rings is 1. The first-order valence-corrected chi connectivity index (χ1v) is 7.54. The van der Waals surface area contributed by atoms with Crippen molar-refractivity contribution in [2.45, 2.75) is 0 Å². The second-order valence-corrected chi connectivity index (χ2v) is 5.65. The lowest BCUT2D eigenvalue weighted by atomic mass is 10.1. The minimum absolute atomic E-state index is 0.0119. The molecule has 0 bridgehead atoms. The van der Waals surface area contributed by atoms with Gasteiger partial charge in [-0.3, -0.25) is 4.99 Å². The average molecular weight is 297 g/mol. The first-order valence-electron chi connectivity index (χ1n) is 6.73. The van der Waals surface area contributed by atoms with Crippen molar-refractivity contribution in [1.82, 2.24) is 0 Å². The second kappa shape index (κ2) is 6.08. The molecule has 3 nitrogen and oxygen atoms in total. The maximum Gasteiger partial charge on any atom is 0.143 e. The maximum atomic E-state index is 10.5. The molecule has 0 radical (unpaired) electrons. The summed E-state index contributed by atoms with van der Waals surface area (Å²) in [7, 11) is 0. The molecule has 3 aromatic rings. The Morgan fingerprint density at radius 3 is 2.43 bits per heavy atom. The number of nitrogens with zero attached hydrogens (tertiary/aromatic N) is 1. The predicted octanol–water partition coefficient (Wildman–Crippen LogP) is 3.44. The van der Waals surface area contributed by atoms with E-state index in [1.165, 1.54) is 11.3 Å². The van der Waals surface area contributed by atoms with Gasteiger partial charge >= 0.3 is 0 Å². The third kappa shape index (κ3) is 2.68. The average Bonchev–Trinajstić information content (AvgIpc) is 2.86. The van der Waals surface area contributed by atoms with Gasteiger partial charge in [-0.15, -0.1) is 11.3 Å². The fourth-order valence-electron chi connectivity index (χ4n) is 2.24. The summed E-state index contributed by atoms with van der Waals surface area (Å²) in [5.74, 6) is 0.260. The van der Waals surface area contributed by atoms with Crippen molar-refractivity contribution in [3.05, 3.63) is 65.0 Å². The highest BCUT2D eigenvalue weighted by atomic mass is 32.1. The van der Waals surface area contributed by atoms with Crippen LogP contribution in [0.3, 0.4) is 0 Å². The van der Waals surface area contributed by atoms with Gasteiger partial charge < -0.3 is 10.2 Å². The number of aliphatic hydroxyl groups excluding tert-OH is 1. The van der Waals surface area contributed by atoms with Gasteiger partial charge in [0.2, 0.25) is 0 Å². The SMILES string of the molecule is OCCN=C(c1ccccc1)c1sc2ccccc2c1O. The van der Waals surface area contributed by atoms with Crippen LogP contribution in [0.1, 0.15) is 10.4 Å². The van der Waals surface area contributed by atoms with Crippen LogP contribution in [0, 0.1) is 0 Å². The number of hydrogen-bond acceptors (Lipinski definition) is 4. The first kappa shape index (κ1) is 13.8. The van der Waals surface area contributed by atoms with Crippen molar-refractivity contribution in [3.8, 4) is 5.75 Å². The number of aromatic hydroxyl groups is 1.